The van der Waals surface area contributed by atoms with Crippen LogP contribution in [0.4, 0.5) is 13.2 Å². The summed E-state index contributed by atoms with van der Waals surface area (Å²) in [5.41, 5.74) is -0.804. The number of aromatic nitrogens is 1. The third-order valence-electron chi connectivity index (χ3n) is 2.72. The number of nitrogens with zero attached hydrogens (tertiary/aromatic N) is 1. The summed E-state index contributed by atoms with van der Waals surface area (Å²) in [6, 6.07) is 0.714. The highest BCUT2D eigenvalue weighted by Crippen LogP contribution is 2.33. The minimum absolute atomic E-state index is 0.0390. The molecule has 0 aliphatic rings. The van der Waals surface area contributed by atoms with E-state index in [2.05, 4.69) is 4.98 Å². The van der Waals surface area contributed by atoms with Gasteiger partial charge in [-0.3, -0.25) is 14.6 Å². The van der Waals surface area contributed by atoms with Gasteiger partial charge in [0, 0.05) is 12.1 Å². The fourth-order valence-electron chi connectivity index (χ4n) is 1.85. The van der Waals surface area contributed by atoms with Crippen LogP contribution in [0.25, 0.3) is 0 Å². The lowest BCUT2D eigenvalue weighted by Gasteiger charge is -2.17. The van der Waals surface area contributed by atoms with E-state index in [-0.39, 0.29) is 5.56 Å². The van der Waals surface area contributed by atoms with Crippen molar-refractivity contribution in [1.29, 1.82) is 0 Å². The Labute approximate surface area is 112 Å². The first kappa shape index (κ1) is 15.9. The SMILES string of the molecule is Cc1cnc(C(F)(F)F)cc1C(CC(=O)O)CC(=O)O. The zero-order chi connectivity index (χ0) is 15.5. The van der Waals surface area contributed by atoms with Gasteiger partial charge in [0.15, 0.2) is 0 Å². The Hall–Kier alpha value is -2.12. The van der Waals surface area contributed by atoms with Gasteiger partial charge < -0.3 is 10.2 Å². The minimum Gasteiger partial charge on any atom is -0.481 e. The Balaban J connectivity index is 3.23. The molecule has 2 N–H and O–H groups in total. The molecule has 0 aliphatic carbocycles. The first-order chi connectivity index (χ1) is 9.11. The molecule has 1 heterocycles. The maximum absolute atomic E-state index is 12.6. The number of halogens is 3. The van der Waals surface area contributed by atoms with Crippen LogP contribution in [0.5, 0.6) is 0 Å². The van der Waals surface area contributed by atoms with Gasteiger partial charge in [-0.15, -0.1) is 0 Å². The van der Waals surface area contributed by atoms with Crippen molar-refractivity contribution in [3.8, 4) is 0 Å². The Morgan fingerprint density at radius 1 is 1.25 bits per heavy atom. The summed E-state index contributed by atoms with van der Waals surface area (Å²) in [4.78, 5) is 24.7. The molecule has 0 spiro atoms. The van der Waals surface area contributed by atoms with Gasteiger partial charge in [0.05, 0.1) is 12.8 Å². The zero-order valence-corrected chi connectivity index (χ0v) is 10.4. The normalized spacial score (nSPS) is 11.7. The van der Waals surface area contributed by atoms with E-state index in [4.69, 9.17) is 10.2 Å². The summed E-state index contributed by atoms with van der Waals surface area (Å²) in [6.45, 7) is 1.46. The van der Waals surface area contributed by atoms with Gasteiger partial charge in [0.1, 0.15) is 5.69 Å². The zero-order valence-electron chi connectivity index (χ0n) is 10.4. The molecule has 0 saturated carbocycles. The quantitative estimate of drug-likeness (QED) is 0.870. The maximum atomic E-state index is 12.6. The second kappa shape index (κ2) is 5.89. The molecule has 8 heteroatoms. The first-order valence-corrected chi connectivity index (χ1v) is 5.58. The largest absolute Gasteiger partial charge is 0.481 e. The molecule has 1 aromatic rings. The average Bonchev–Trinajstić information content (AvgIpc) is 2.25. The molecule has 0 aromatic carbocycles. The van der Waals surface area contributed by atoms with Crippen molar-refractivity contribution in [3.05, 3.63) is 29.1 Å². The second-order valence-electron chi connectivity index (χ2n) is 4.32. The molecule has 0 aliphatic heterocycles. The van der Waals surface area contributed by atoms with Gasteiger partial charge in [-0.05, 0) is 24.1 Å². The molecule has 0 radical (unpaired) electrons. The number of alkyl halides is 3. The molecule has 0 saturated heterocycles. The second-order valence-corrected chi connectivity index (χ2v) is 4.32. The molecule has 0 fully saturated rings. The lowest BCUT2D eigenvalue weighted by molar-refractivity contribution is -0.141. The molecule has 0 unspecified atom stereocenters. The number of aliphatic carboxylic acids is 2. The molecule has 0 amide bonds. The van der Waals surface area contributed by atoms with Crippen molar-refractivity contribution in [3.63, 3.8) is 0 Å². The summed E-state index contributed by atoms with van der Waals surface area (Å²) < 4.78 is 37.8. The smallest absolute Gasteiger partial charge is 0.433 e. The summed E-state index contributed by atoms with van der Waals surface area (Å²) in [5.74, 6) is -3.59. The number of rotatable bonds is 5. The number of hydrogen-bond acceptors (Lipinski definition) is 3. The van der Waals surface area contributed by atoms with Crippen molar-refractivity contribution in [1.82, 2.24) is 4.98 Å². The van der Waals surface area contributed by atoms with Crippen LogP contribution in [0.1, 0.15) is 35.6 Å². The van der Waals surface area contributed by atoms with Gasteiger partial charge in [-0.25, -0.2) is 0 Å². The highest BCUT2D eigenvalue weighted by atomic mass is 19.4. The first-order valence-electron chi connectivity index (χ1n) is 5.58. The molecule has 110 valence electrons. The van der Waals surface area contributed by atoms with Crippen molar-refractivity contribution in [2.75, 3.05) is 0 Å². The Morgan fingerprint density at radius 2 is 1.75 bits per heavy atom. The van der Waals surface area contributed by atoms with E-state index in [1.54, 1.807) is 0 Å². The van der Waals surface area contributed by atoms with Gasteiger partial charge in [-0.2, -0.15) is 13.2 Å². The third-order valence-corrected chi connectivity index (χ3v) is 2.72. The monoisotopic (exact) mass is 291 g/mol. The van der Waals surface area contributed by atoms with Crippen molar-refractivity contribution in [2.45, 2.75) is 31.9 Å². The maximum Gasteiger partial charge on any atom is 0.433 e. The van der Waals surface area contributed by atoms with E-state index in [1.807, 2.05) is 0 Å². The number of carboxylic acids is 2. The molecule has 1 rings (SSSR count). The van der Waals surface area contributed by atoms with E-state index in [1.165, 1.54) is 6.92 Å². The lowest BCUT2D eigenvalue weighted by Crippen LogP contribution is -2.15. The fourth-order valence-corrected chi connectivity index (χ4v) is 1.85. The van der Waals surface area contributed by atoms with Gasteiger partial charge in [-0.1, -0.05) is 0 Å². The van der Waals surface area contributed by atoms with Gasteiger partial charge >= 0.3 is 18.1 Å². The van der Waals surface area contributed by atoms with Gasteiger partial charge in [0.25, 0.3) is 0 Å². The van der Waals surface area contributed by atoms with Crippen LogP contribution in [0, 0.1) is 6.92 Å². The van der Waals surface area contributed by atoms with Crippen LogP contribution in [0.3, 0.4) is 0 Å². The molecule has 0 bridgehead atoms. The predicted molar refractivity (Wildman–Crippen MR) is 61.2 cm³/mol. The average molecular weight is 291 g/mol. The molecule has 0 atom stereocenters. The van der Waals surface area contributed by atoms with Crippen LogP contribution in [0.15, 0.2) is 12.3 Å². The number of aryl methyl sites for hydroxylation is 1. The summed E-state index contributed by atoms with van der Waals surface area (Å²) >= 11 is 0. The molecular formula is C12H12F3NO4. The van der Waals surface area contributed by atoms with Crippen LogP contribution in [-0.4, -0.2) is 27.1 Å². The minimum atomic E-state index is -4.67. The third kappa shape index (κ3) is 4.22. The van der Waals surface area contributed by atoms with Gasteiger partial charge in [0.2, 0.25) is 0 Å². The number of pyridine rings is 1. The van der Waals surface area contributed by atoms with E-state index in [0.717, 1.165) is 6.20 Å². The lowest BCUT2D eigenvalue weighted by atomic mass is 9.90. The van der Waals surface area contributed by atoms with E-state index >= 15 is 0 Å². The number of carboxylic acid groups (broad SMARTS) is 2. The highest BCUT2D eigenvalue weighted by molar-refractivity contribution is 5.72. The topological polar surface area (TPSA) is 87.5 Å². The number of carbonyl (C=O) groups is 2. The Morgan fingerprint density at radius 3 is 2.15 bits per heavy atom. The Bertz CT molecular complexity index is 512. The van der Waals surface area contributed by atoms with Crippen molar-refractivity contribution >= 4 is 11.9 Å². The molecule has 20 heavy (non-hydrogen) atoms. The standard InChI is InChI=1S/C12H12F3NO4/c1-6-5-16-9(12(13,14)15)4-8(6)7(2-10(17)18)3-11(19)20/h4-5,7H,2-3H2,1H3,(H,17,18)(H,19,20). The molecular weight excluding hydrogens is 279 g/mol. The molecule has 5 nitrogen and oxygen atoms in total. The summed E-state index contributed by atoms with van der Waals surface area (Å²) in [5, 5.41) is 17.5. The van der Waals surface area contributed by atoms with E-state index in [0.29, 0.717) is 11.6 Å². The van der Waals surface area contributed by atoms with Crippen LogP contribution < -0.4 is 0 Å². The highest BCUT2D eigenvalue weighted by Gasteiger charge is 2.34. The Kier molecular flexibility index (Phi) is 4.69. The van der Waals surface area contributed by atoms with Crippen molar-refractivity contribution in [2.24, 2.45) is 0 Å². The predicted octanol–water partition coefficient (Wildman–Crippen LogP) is 2.44. The van der Waals surface area contributed by atoms with Crippen molar-refractivity contribution < 1.29 is 33.0 Å². The fraction of sp³-hybridized carbons (Fsp3) is 0.417. The van der Waals surface area contributed by atoms with E-state index in [9.17, 15) is 22.8 Å². The van der Waals surface area contributed by atoms with E-state index < -0.39 is 42.6 Å². The summed E-state index contributed by atoms with van der Waals surface area (Å²) in [6.07, 6.45) is -4.82. The summed E-state index contributed by atoms with van der Waals surface area (Å²) in [7, 11) is 0. The molecule has 1 aromatic heterocycles. The van der Waals surface area contributed by atoms with Crippen LogP contribution >= 0.6 is 0 Å². The van der Waals surface area contributed by atoms with Crippen LogP contribution in [0.2, 0.25) is 0 Å². The van der Waals surface area contributed by atoms with Crippen LogP contribution in [-0.2, 0) is 15.8 Å². The number of hydrogen-bond donors (Lipinski definition) is 2.